The molecule has 0 aliphatic carbocycles. The molecule has 2 N–H and O–H groups in total. The zero-order valence-corrected chi connectivity index (χ0v) is 14.4. The van der Waals surface area contributed by atoms with E-state index in [-0.39, 0.29) is 6.04 Å². The highest BCUT2D eigenvalue weighted by atomic mass is 35.5. The average Bonchev–Trinajstić information content (AvgIpc) is 2.51. The Bertz CT molecular complexity index is 459. The number of benzene rings is 1. The number of hydrogen-bond donors (Lipinski definition) is 1. The average molecular weight is 330 g/mol. The monoisotopic (exact) mass is 329 g/mol. The van der Waals surface area contributed by atoms with Crippen LogP contribution in [0.4, 0.5) is 0 Å². The van der Waals surface area contributed by atoms with Gasteiger partial charge in [-0.2, -0.15) is 0 Å². The Morgan fingerprint density at radius 2 is 1.95 bits per heavy atom. The molecule has 0 bridgehead atoms. The highest BCUT2D eigenvalue weighted by Crippen LogP contribution is 2.30. The molecule has 1 aliphatic rings. The van der Waals surface area contributed by atoms with Gasteiger partial charge in [0, 0.05) is 18.6 Å². The Morgan fingerprint density at radius 1 is 1.29 bits per heavy atom. The maximum atomic E-state index is 6.15. The number of likely N-dealkylation sites (tertiary alicyclic amines) is 1. The SMILES string of the molecule is CCN1CCC(N(C)C(CN)c2ccc(Cl)c(Cl)c2)CC1. The predicted octanol–water partition coefficient (Wildman–Crippen LogP) is 3.41. The topological polar surface area (TPSA) is 32.5 Å². The largest absolute Gasteiger partial charge is 0.329 e. The van der Waals surface area contributed by atoms with Crippen LogP contribution in [-0.4, -0.2) is 49.1 Å². The molecule has 0 aromatic heterocycles. The minimum Gasteiger partial charge on any atom is -0.329 e. The molecule has 0 amide bonds. The molecule has 0 spiro atoms. The Balaban J connectivity index is 2.08. The van der Waals surface area contributed by atoms with Gasteiger partial charge in [-0.25, -0.2) is 0 Å². The molecule has 1 saturated heterocycles. The van der Waals surface area contributed by atoms with Crippen molar-refractivity contribution < 1.29 is 0 Å². The summed E-state index contributed by atoms with van der Waals surface area (Å²) >= 11 is 12.2. The van der Waals surface area contributed by atoms with Gasteiger partial charge in [0.25, 0.3) is 0 Å². The van der Waals surface area contributed by atoms with Gasteiger partial charge in [-0.15, -0.1) is 0 Å². The molecule has 5 heteroatoms. The van der Waals surface area contributed by atoms with Crippen molar-refractivity contribution in [3.05, 3.63) is 33.8 Å². The van der Waals surface area contributed by atoms with E-state index in [9.17, 15) is 0 Å². The molecule has 0 radical (unpaired) electrons. The summed E-state index contributed by atoms with van der Waals surface area (Å²) in [5, 5.41) is 1.19. The number of piperidine rings is 1. The Kier molecular flexibility index (Phi) is 6.33. The smallest absolute Gasteiger partial charge is 0.0595 e. The van der Waals surface area contributed by atoms with E-state index in [1.165, 1.54) is 25.9 Å². The highest BCUT2D eigenvalue weighted by molar-refractivity contribution is 6.42. The molecule has 1 atom stereocenters. The lowest BCUT2D eigenvalue weighted by atomic mass is 9.98. The highest BCUT2D eigenvalue weighted by Gasteiger charge is 2.27. The van der Waals surface area contributed by atoms with Crippen molar-refractivity contribution in [3.63, 3.8) is 0 Å². The summed E-state index contributed by atoms with van der Waals surface area (Å²) in [6, 6.07) is 6.60. The van der Waals surface area contributed by atoms with Crippen LogP contribution in [-0.2, 0) is 0 Å². The third kappa shape index (κ3) is 4.11. The molecule has 2 rings (SSSR count). The summed E-state index contributed by atoms with van der Waals surface area (Å²) in [5.41, 5.74) is 7.17. The third-order valence-corrected chi connectivity index (χ3v) is 5.36. The fourth-order valence-corrected chi connectivity index (χ4v) is 3.46. The number of likely N-dealkylation sites (N-methyl/N-ethyl adjacent to an activating group) is 1. The number of hydrogen-bond acceptors (Lipinski definition) is 3. The molecule has 3 nitrogen and oxygen atoms in total. The normalized spacial score (nSPS) is 19.1. The van der Waals surface area contributed by atoms with Crippen LogP contribution in [0.1, 0.15) is 31.4 Å². The molecular weight excluding hydrogens is 305 g/mol. The zero-order valence-electron chi connectivity index (χ0n) is 12.9. The maximum absolute atomic E-state index is 6.15. The number of nitrogens with two attached hydrogens (primary N) is 1. The summed E-state index contributed by atoms with van der Waals surface area (Å²) in [4.78, 5) is 4.91. The van der Waals surface area contributed by atoms with Crippen molar-refractivity contribution in [2.24, 2.45) is 5.73 Å². The molecular formula is C16H25Cl2N3. The van der Waals surface area contributed by atoms with Gasteiger partial charge in [0.05, 0.1) is 10.0 Å². The first kappa shape index (κ1) is 17.0. The molecule has 0 saturated carbocycles. The van der Waals surface area contributed by atoms with Gasteiger partial charge in [-0.1, -0.05) is 36.2 Å². The molecule has 1 aliphatic heterocycles. The third-order valence-electron chi connectivity index (χ3n) is 4.62. The van der Waals surface area contributed by atoms with Crippen LogP contribution in [0, 0.1) is 0 Å². The van der Waals surface area contributed by atoms with Gasteiger partial charge in [0.15, 0.2) is 0 Å². The lowest BCUT2D eigenvalue weighted by Crippen LogP contribution is -2.45. The lowest BCUT2D eigenvalue weighted by molar-refractivity contribution is 0.101. The van der Waals surface area contributed by atoms with Crippen molar-refractivity contribution in [3.8, 4) is 0 Å². The Hall–Kier alpha value is -0.320. The molecule has 1 aromatic carbocycles. The van der Waals surface area contributed by atoms with E-state index in [0.717, 1.165) is 12.1 Å². The second-order valence-electron chi connectivity index (χ2n) is 5.76. The fourth-order valence-electron chi connectivity index (χ4n) is 3.15. The number of halogens is 2. The first-order chi connectivity index (χ1) is 10.1. The van der Waals surface area contributed by atoms with Gasteiger partial charge in [0.1, 0.15) is 0 Å². The number of rotatable bonds is 5. The van der Waals surface area contributed by atoms with Gasteiger partial charge >= 0.3 is 0 Å². The molecule has 1 aromatic rings. The molecule has 21 heavy (non-hydrogen) atoms. The first-order valence-corrected chi connectivity index (χ1v) is 8.41. The molecule has 1 fully saturated rings. The summed E-state index contributed by atoms with van der Waals surface area (Å²) in [7, 11) is 2.17. The quantitative estimate of drug-likeness (QED) is 0.898. The van der Waals surface area contributed by atoms with E-state index in [1.54, 1.807) is 0 Å². The molecule has 1 heterocycles. The summed E-state index contributed by atoms with van der Waals surface area (Å²) in [6.45, 7) is 6.29. The van der Waals surface area contributed by atoms with Gasteiger partial charge in [-0.05, 0) is 57.2 Å². The van der Waals surface area contributed by atoms with Crippen LogP contribution < -0.4 is 5.73 Å². The van der Waals surface area contributed by atoms with Gasteiger partial charge < -0.3 is 10.6 Å². The van der Waals surface area contributed by atoms with Crippen LogP contribution in [0.25, 0.3) is 0 Å². The van der Waals surface area contributed by atoms with Crippen LogP contribution >= 0.6 is 23.2 Å². The van der Waals surface area contributed by atoms with E-state index < -0.39 is 0 Å². The van der Waals surface area contributed by atoms with Crippen LogP contribution in [0.2, 0.25) is 10.0 Å². The lowest BCUT2D eigenvalue weighted by Gasteiger charge is -2.40. The minimum absolute atomic E-state index is 0.193. The second-order valence-corrected chi connectivity index (χ2v) is 6.57. The van der Waals surface area contributed by atoms with Gasteiger partial charge in [0.2, 0.25) is 0 Å². The Labute approximate surface area is 138 Å². The summed E-state index contributed by atoms with van der Waals surface area (Å²) in [6.07, 6.45) is 2.39. The van der Waals surface area contributed by atoms with Gasteiger partial charge in [-0.3, -0.25) is 4.90 Å². The number of nitrogens with zero attached hydrogens (tertiary/aromatic N) is 2. The van der Waals surface area contributed by atoms with Crippen molar-refractivity contribution >= 4 is 23.2 Å². The van der Waals surface area contributed by atoms with Crippen LogP contribution in [0.3, 0.4) is 0 Å². The van der Waals surface area contributed by atoms with Crippen molar-refractivity contribution in [2.75, 3.05) is 33.2 Å². The van der Waals surface area contributed by atoms with Crippen LogP contribution in [0.5, 0.6) is 0 Å². The van der Waals surface area contributed by atoms with Crippen molar-refractivity contribution in [2.45, 2.75) is 31.8 Å². The Morgan fingerprint density at radius 3 is 2.48 bits per heavy atom. The summed E-state index contributed by atoms with van der Waals surface area (Å²) in [5.74, 6) is 0. The van der Waals surface area contributed by atoms with Crippen LogP contribution in [0.15, 0.2) is 18.2 Å². The second kappa shape index (κ2) is 7.80. The van der Waals surface area contributed by atoms with E-state index in [0.29, 0.717) is 22.6 Å². The minimum atomic E-state index is 0.193. The van der Waals surface area contributed by atoms with Crippen molar-refractivity contribution in [1.82, 2.24) is 9.80 Å². The van der Waals surface area contributed by atoms with E-state index in [1.807, 2.05) is 18.2 Å². The van der Waals surface area contributed by atoms with E-state index in [4.69, 9.17) is 28.9 Å². The molecule has 118 valence electrons. The maximum Gasteiger partial charge on any atom is 0.0595 e. The van der Waals surface area contributed by atoms with E-state index >= 15 is 0 Å². The fraction of sp³-hybridized carbons (Fsp3) is 0.625. The standard InChI is InChI=1S/C16H25Cl2N3/c1-3-21-8-6-13(7-9-21)20(2)16(11-19)12-4-5-14(17)15(18)10-12/h4-5,10,13,16H,3,6-9,11,19H2,1-2H3. The molecule has 1 unspecified atom stereocenters. The first-order valence-electron chi connectivity index (χ1n) is 7.66. The predicted molar refractivity (Wildman–Crippen MR) is 91.2 cm³/mol. The summed E-state index contributed by atoms with van der Waals surface area (Å²) < 4.78 is 0. The van der Waals surface area contributed by atoms with Crippen molar-refractivity contribution in [1.29, 1.82) is 0 Å². The zero-order chi connectivity index (χ0) is 15.4. The van der Waals surface area contributed by atoms with E-state index in [2.05, 4.69) is 23.8 Å².